The van der Waals surface area contributed by atoms with E-state index in [9.17, 15) is 35.4 Å². The van der Waals surface area contributed by atoms with Gasteiger partial charge in [0.15, 0.2) is 28.8 Å². The number of aliphatic hydroxyl groups excluding tert-OH is 4. The van der Waals surface area contributed by atoms with Crippen LogP contribution in [0.5, 0.6) is 34.5 Å². The molecule has 1 aliphatic rings. The van der Waals surface area contributed by atoms with Crippen LogP contribution in [0.25, 0.3) is 22.3 Å². The van der Waals surface area contributed by atoms with Gasteiger partial charge in [-0.3, -0.25) is 4.79 Å². The van der Waals surface area contributed by atoms with Gasteiger partial charge in [-0.15, -0.1) is 0 Å². The molecule has 0 spiro atoms. The summed E-state index contributed by atoms with van der Waals surface area (Å²) in [5, 5.41) is 60.5. The van der Waals surface area contributed by atoms with Gasteiger partial charge in [-0.05, 0) is 18.2 Å². The van der Waals surface area contributed by atoms with Gasteiger partial charge >= 0.3 is 0 Å². The molecule has 2 aromatic carbocycles. The van der Waals surface area contributed by atoms with Crippen molar-refractivity contribution in [2.75, 3.05) is 27.9 Å². The van der Waals surface area contributed by atoms with Crippen molar-refractivity contribution < 1.29 is 58.7 Å². The second kappa shape index (κ2) is 10.3. The molecule has 0 amide bonds. The van der Waals surface area contributed by atoms with Crippen LogP contribution in [0.4, 0.5) is 0 Å². The Morgan fingerprint density at radius 2 is 1.57 bits per heavy atom. The van der Waals surface area contributed by atoms with Crippen molar-refractivity contribution >= 4 is 11.0 Å². The Labute approximate surface area is 209 Å². The number of aromatic hydroxyl groups is 2. The number of fused-ring (bicyclic) bond motifs is 1. The lowest BCUT2D eigenvalue weighted by molar-refractivity contribution is -0.277. The van der Waals surface area contributed by atoms with Crippen LogP contribution in [0.2, 0.25) is 0 Å². The van der Waals surface area contributed by atoms with E-state index in [-0.39, 0.29) is 45.3 Å². The summed E-state index contributed by atoms with van der Waals surface area (Å²) in [5.74, 6) is -1.67. The number of phenols is 2. The van der Waals surface area contributed by atoms with E-state index >= 15 is 0 Å². The Balaban J connectivity index is 1.92. The maximum Gasteiger partial charge on any atom is 0.239 e. The highest BCUT2D eigenvalue weighted by Gasteiger charge is 2.45. The van der Waals surface area contributed by atoms with Gasteiger partial charge in [0.1, 0.15) is 35.4 Å². The van der Waals surface area contributed by atoms with E-state index in [1.54, 1.807) is 0 Å². The van der Waals surface area contributed by atoms with Crippen LogP contribution in [-0.2, 0) is 4.74 Å². The Bertz CT molecular complexity index is 1350. The predicted octanol–water partition coefficient (Wildman–Crippen LogP) is 0.0757. The highest BCUT2D eigenvalue weighted by Crippen LogP contribution is 2.45. The molecule has 1 aromatic heterocycles. The van der Waals surface area contributed by atoms with E-state index in [0.717, 1.165) is 6.07 Å². The van der Waals surface area contributed by atoms with Crippen molar-refractivity contribution in [2.24, 2.45) is 0 Å². The smallest absolute Gasteiger partial charge is 0.239 e. The zero-order valence-electron chi connectivity index (χ0n) is 19.9. The van der Waals surface area contributed by atoms with Crippen LogP contribution in [0.3, 0.4) is 0 Å². The molecule has 1 saturated heterocycles. The normalized spacial score (nSPS) is 23.6. The van der Waals surface area contributed by atoms with E-state index in [1.165, 1.54) is 39.5 Å². The van der Waals surface area contributed by atoms with Crippen molar-refractivity contribution in [3.05, 3.63) is 34.5 Å². The van der Waals surface area contributed by atoms with E-state index in [0.29, 0.717) is 0 Å². The molecule has 0 aliphatic carbocycles. The molecule has 0 radical (unpaired) electrons. The van der Waals surface area contributed by atoms with Crippen LogP contribution in [0, 0.1) is 0 Å². The van der Waals surface area contributed by atoms with Crippen LogP contribution >= 0.6 is 0 Å². The number of methoxy groups -OCH3 is 3. The number of rotatable bonds is 7. The predicted molar refractivity (Wildman–Crippen MR) is 125 cm³/mol. The molecule has 13 heteroatoms. The molecule has 200 valence electrons. The standard InChI is InChI=1S/C24H26O13/c1-32-12-5-4-9(6-10(12)26)20-23(34-3)17(29)15-13(35-20)7-11(27)21(33-2)22(15)37-24-19(31)18(30)16(28)14(8-25)36-24/h4-7,14,16,18-19,24-28,30-31H,8H2,1-3H3. The zero-order valence-corrected chi connectivity index (χ0v) is 19.9. The molecule has 37 heavy (non-hydrogen) atoms. The maximum absolute atomic E-state index is 13.6. The third-order valence-corrected chi connectivity index (χ3v) is 5.96. The number of ether oxygens (including phenoxy) is 5. The molecule has 4 rings (SSSR count). The molecule has 0 bridgehead atoms. The third-order valence-electron chi connectivity index (χ3n) is 5.96. The minimum absolute atomic E-state index is 0.0821. The van der Waals surface area contributed by atoms with Crippen LogP contribution in [0.15, 0.2) is 33.5 Å². The van der Waals surface area contributed by atoms with Crippen LogP contribution in [-0.4, -0.2) is 89.3 Å². The topological polar surface area (TPSA) is 198 Å². The molecule has 13 nitrogen and oxygen atoms in total. The van der Waals surface area contributed by atoms with Gasteiger partial charge in [-0.2, -0.15) is 0 Å². The molecule has 5 unspecified atom stereocenters. The lowest BCUT2D eigenvalue weighted by Gasteiger charge is -2.39. The molecule has 0 saturated carbocycles. The highest BCUT2D eigenvalue weighted by molar-refractivity contribution is 5.91. The summed E-state index contributed by atoms with van der Waals surface area (Å²) in [4.78, 5) is 13.6. The monoisotopic (exact) mass is 522 g/mol. The van der Waals surface area contributed by atoms with Crippen molar-refractivity contribution in [2.45, 2.75) is 30.7 Å². The molecule has 5 atom stereocenters. The molecule has 3 aromatic rings. The largest absolute Gasteiger partial charge is 0.504 e. The first-order chi connectivity index (χ1) is 17.7. The van der Waals surface area contributed by atoms with E-state index in [1.807, 2.05) is 0 Å². The fourth-order valence-electron chi connectivity index (χ4n) is 4.07. The summed E-state index contributed by atoms with van der Waals surface area (Å²) in [6, 6.07) is 5.36. The summed E-state index contributed by atoms with van der Waals surface area (Å²) < 4.78 is 32.5. The fourth-order valence-corrected chi connectivity index (χ4v) is 4.07. The average Bonchev–Trinajstić information content (AvgIpc) is 2.88. The third kappa shape index (κ3) is 4.47. The number of hydrogen-bond donors (Lipinski definition) is 6. The second-order valence-corrected chi connectivity index (χ2v) is 8.13. The van der Waals surface area contributed by atoms with Crippen molar-refractivity contribution in [3.8, 4) is 45.8 Å². The van der Waals surface area contributed by atoms with Crippen molar-refractivity contribution in [1.82, 2.24) is 0 Å². The Morgan fingerprint density at radius 3 is 2.16 bits per heavy atom. The van der Waals surface area contributed by atoms with E-state index in [4.69, 9.17) is 28.1 Å². The lowest BCUT2D eigenvalue weighted by Crippen LogP contribution is -2.60. The Morgan fingerprint density at radius 1 is 0.865 bits per heavy atom. The van der Waals surface area contributed by atoms with E-state index in [2.05, 4.69) is 0 Å². The minimum Gasteiger partial charge on any atom is -0.504 e. The molecular formula is C24H26O13. The van der Waals surface area contributed by atoms with Gasteiger partial charge in [0, 0.05) is 11.6 Å². The first kappa shape index (κ1) is 26.3. The van der Waals surface area contributed by atoms with Gasteiger partial charge in [-0.25, -0.2) is 0 Å². The number of hydrogen-bond acceptors (Lipinski definition) is 13. The highest BCUT2D eigenvalue weighted by atomic mass is 16.7. The van der Waals surface area contributed by atoms with Gasteiger partial charge in [-0.1, -0.05) is 0 Å². The summed E-state index contributed by atoms with van der Waals surface area (Å²) in [5.41, 5.74) is -0.707. The summed E-state index contributed by atoms with van der Waals surface area (Å²) in [7, 11) is 3.79. The maximum atomic E-state index is 13.6. The molecular weight excluding hydrogens is 496 g/mol. The minimum atomic E-state index is -1.81. The van der Waals surface area contributed by atoms with Gasteiger partial charge < -0.3 is 58.7 Å². The molecule has 1 fully saturated rings. The SMILES string of the molecule is COc1ccc(-c2oc3cc(O)c(OC)c(OC4OC(CO)C(O)C(O)C4O)c3c(=O)c2OC)cc1O. The quantitative estimate of drug-likeness (QED) is 0.244. The van der Waals surface area contributed by atoms with E-state index < -0.39 is 54.2 Å². The summed E-state index contributed by atoms with van der Waals surface area (Å²) in [6.45, 7) is -0.712. The van der Waals surface area contributed by atoms with Crippen molar-refractivity contribution in [1.29, 1.82) is 0 Å². The number of benzene rings is 2. The van der Waals surface area contributed by atoms with Gasteiger partial charge in [0.2, 0.25) is 23.2 Å². The lowest BCUT2D eigenvalue weighted by atomic mass is 9.99. The van der Waals surface area contributed by atoms with Crippen LogP contribution < -0.4 is 24.4 Å². The number of aliphatic hydroxyl groups is 4. The zero-order chi connectivity index (χ0) is 27.0. The first-order valence-electron chi connectivity index (χ1n) is 11.0. The molecule has 6 N–H and O–H groups in total. The van der Waals surface area contributed by atoms with Gasteiger partial charge in [0.05, 0.1) is 27.9 Å². The first-order valence-corrected chi connectivity index (χ1v) is 11.0. The van der Waals surface area contributed by atoms with Crippen LogP contribution in [0.1, 0.15) is 0 Å². The summed E-state index contributed by atoms with van der Waals surface area (Å²) in [6.07, 6.45) is -8.20. The molecule has 2 heterocycles. The van der Waals surface area contributed by atoms with Crippen molar-refractivity contribution in [3.63, 3.8) is 0 Å². The Hall–Kier alpha value is -3.75. The fraction of sp³-hybridized carbons (Fsp3) is 0.375. The number of phenolic OH excluding ortho intramolecular Hbond substituents is 2. The molecule has 1 aliphatic heterocycles. The summed E-state index contributed by atoms with van der Waals surface area (Å²) >= 11 is 0. The Kier molecular flexibility index (Phi) is 7.34. The average molecular weight is 522 g/mol. The second-order valence-electron chi connectivity index (χ2n) is 8.13. The van der Waals surface area contributed by atoms with Gasteiger partial charge in [0.25, 0.3) is 0 Å².